The van der Waals surface area contributed by atoms with Gasteiger partial charge in [-0.1, -0.05) is 6.07 Å². The van der Waals surface area contributed by atoms with Gasteiger partial charge in [-0.05, 0) is 43.2 Å². The Morgan fingerprint density at radius 1 is 1.19 bits per heavy atom. The molecule has 1 saturated heterocycles. The topological polar surface area (TPSA) is 74.3 Å². The second-order valence-corrected chi connectivity index (χ2v) is 6.96. The fourth-order valence-electron chi connectivity index (χ4n) is 3.67. The zero-order valence-corrected chi connectivity index (χ0v) is 14.1. The first-order chi connectivity index (χ1) is 12.6. The zero-order chi connectivity index (χ0) is 18.1. The van der Waals surface area contributed by atoms with Crippen LogP contribution in [-0.4, -0.2) is 34.9 Å². The maximum absolute atomic E-state index is 13.2. The minimum absolute atomic E-state index is 0.0228. The molecule has 0 bridgehead atoms. The summed E-state index contributed by atoms with van der Waals surface area (Å²) < 4.78 is 13.2. The van der Waals surface area contributed by atoms with Crippen LogP contribution in [-0.2, 0) is 4.79 Å². The number of urea groups is 1. The van der Waals surface area contributed by atoms with Gasteiger partial charge < -0.3 is 15.5 Å². The largest absolute Gasteiger partial charge is 0.324 e. The first kappa shape index (κ1) is 16.5. The van der Waals surface area contributed by atoms with E-state index < -0.39 is 5.82 Å². The molecule has 26 heavy (non-hydrogen) atoms. The highest BCUT2D eigenvalue weighted by atomic mass is 19.1. The molecule has 2 fully saturated rings. The maximum Gasteiger partial charge on any atom is 0.321 e. The Labute approximate surface area is 150 Å². The van der Waals surface area contributed by atoms with Gasteiger partial charge >= 0.3 is 6.03 Å². The van der Waals surface area contributed by atoms with Gasteiger partial charge in [-0.2, -0.15) is 0 Å². The van der Waals surface area contributed by atoms with Crippen LogP contribution in [0.1, 0.15) is 12.8 Å². The number of pyridine rings is 1. The number of nitrogens with one attached hydrogen (secondary N) is 2. The van der Waals surface area contributed by atoms with E-state index in [-0.39, 0.29) is 23.3 Å². The third-order valence-corrected chi connectivity index (χ3v) is 5.18. The number of halogens is 1. The lowest BCUT2D eigenvalue weighted by Crippen LogP contribution is -2.33. The average molecular weight is 354 g/mol. The molecule has 4 rings (SSSR count). The van der Waals surface area contributed by atoms with Gasteiger partial charge in [-0.3, -0.25) is 9.78 Å². The quantitative estimate of drug-likeness (QED) is 0.889. The molecule has 2 N–H and O–H groups in total. The van der Waals surface area contributed by atoms with Gasteiger partial charge in [0.1, 0.15) is 5.82 Å². The number of likely N-dealkylation sites (tertiary alicyclic amines) is 1. The molecule has 7 heteroatoms. The molecule has 2 aliphatic rings. The summed E-state index contributed by atoms with van der Waals surface area (Å²) in [6, 6.07) is 9.12. The third-order valence-electron chi connectivity index (χ3n) is 5.18. The van der Waals surface area contributed by atoms with Crippen molar-refractivity contribution in [3.05, 3.63) is 54.6 Å². The summed E-state index contributed by atoms with van der Waals surface area (Å²) in [5, 5.41) is 5.60. The second-order valence-electron chi connectivity index (χ2n) is 6.96. The van der Waals surface area contributed by atoms with Crippen LogP contribution < -0.4 is 10.6 Å². The number of rotatable bonds is 3. The van der Waals surface area contributed by atoms with Crippen LogP contribution in [0, 0.1) is 17.2 Å². The Balaban J connectivity index is 1.34. The Hall–Kier alpha value is -2.96. The van der Waals surface area contributed by atoms with Crippen LogP contribution in [0.15, 0.2) is 48.8 Å². The van der Waals surface area contributed by atoms with E-state index in [0.29, 0.717) is 24.5 Å². The Bertz CT molecular complexity index is 844. The lowest BCUT2D eigenvalue weighted by Gasteiger charge is -2.17. The van der Waals surface area contributed by atoms with E-state index in [9.17, 15) is 14.0 Å². The molecular weight excluding hydrogens is 335 g/mol. The summed E-state index contributed by atoms with van der Waals surface area (Å²) in [5.41, 5.74) is 0.974. The number of benzene rings is 1. The number of aromatic nitrogens is 1. The van der Waals surface area contributed by atoms with E-state index in [1.807, 2.05) is 0 Å². The van der Waals surface area contributed by atoms with Crippen LogP contribution in [0.5, 0.6) is 0 Å². The SMILES string of the molecule is O=C(Nc1cccnc1)C1CC12CCN(C(=O)Nc1cccc(F)c1)C2. The smallest absolute Gasteiger partial charge is 0.321 e. The number of carbonyl (C=O) groups excluding carboxylic acids is 2. The van der Waals surface area contributed by atoms with E-state index in [0.717, 1.165) is 12.8 Å². The van der Waals surface area contributed by atoms with Crippen molar-refractivity contribution in [2.24, 2.45) is 11.3 Å². The normalized spacial score (nSPS) is 23.7. The highest BCUT2D eigenvalue weighted by molar-refractivity contribution is 5.95. The highest BCUT2D eigenvalue weighted by Gasteiger charge is 2.61. The van der Waals surface area contributed by atoms with Crippen LogP contribution in [0.2, 0.25) is 0 Å². The molecule has 1 aromatic carbocycles. The molecule has 1 aliphatic carbocycles. The highest BCUT2D eigenvalue weighted by Crippen LogP contribution is 2.58. The first-order valence-corrected chi connectivity index (χ1v) is 8.58. The van der Waals surface area contributed by atoms with Crippen LogP contribution in [0.4, 0.5) is 20.6 Å². The number of hydrogen-bond donors (Lipinski definition) is 2. The average Bonchev–Trinajstić information content (AvgIpc) is 3.16. The zero-order valence-electron chi connectivity index (χ0n) is 14.1. The standard InChI is InChI=1S/C19H19FN4O2/c20-13-3-1-4-14(9-13)23-18(26)24-8-6-19(12-24)10-16(19)17(25)22-15-5-2-7-21-11-15/h1-5,7,9,11,16H,6,8,10,12H2,(H,22,25)(H,23,26). The number of hydrogen-bond acceptors (Lipinski definition) is 3. The minimum atomic E-state index is -0.393. The van der Waals surface area contributed by atoms with Crippen molar-refractivity contribution in [3.8, 4) is 0 Å². The molecule has 1 saturated carbocycles. The van der Waals surface area contributed by atoms with Gasteiger partial charge in [-0.15, -0.1) is 0 Å². The molecule has 134 valence electrons. The van der Waals surface area contributed by atoms with Gasteiger partial charge in [0.25, 0.3) is 0 Å². The van der Waals surface area contributed by atoms with Crippen LogP contribution >= 0.6 is 0 Å². The summed E-state index contributed by atoms with van der Waals surface area (Å²) >= 11 is 0. The lowest BCUT2D eigenvalue weighted by molar-refractivity contribution is -0.118. The van der Waals surface area contributed by atoms with E-state index in [4.69, 9.17) is 0 Å². The third kappa shape index (κ3) is 3.24. The molecule has 2 unspecified atom stereocenters. The molecular formula is C19H19FN4O2. The van der Waals surface area contributed by atoms with Gasteiger partial charge in [-0.25, -0.2) is 9.18 Å². The molecule has 6 nitrogen and oxygen atoms in total. The van der Waals surface area contributed by atoms with Gasteiger partial charge in [0.05, 0.1) is 11.9 Å². The van der Waals surface area contributed by atoms with Crippen molar-refractivity contribution in [1.82, 2.24) is 9.88 Å². The maximum atomic E-state index is 13.2. The fourth-order valence-corrected chi connectivity index (χ4v) is 3.67. The van der Waals surface area contributed by atoms with Crippen molar-refractivity contribution >= 4 is 23.3 Å². The Morgan fingerprint density at radius 3 is 2.81 bits per heavy atom. The monoisotopic (exact) mass is 354 g/mol. The number of carbonyl (C=O) groups is 2. The second kappa shape index (κ2) is 6.40. The summed E-state index contributed by atoms with van der Waals surface area (Å²) in [4.78, 5) is 30.5. The van der Waals surface area contributed by atoms with Crippen LogP contribution in [0.3, 0.4) is 0 Å². The molecule has 2 aromatic rings. The molecule has 1 spiro atoms. The predicted molar refractivity (Wildman–Crippen MR) is 95.0 cm³/mol. The molecule has 2 atom stereocenters. The van der Waals surface area contributed by atoms with Crippen molar-refractivity contribution in [2.45, 2.75) is 12.8 Å². The molecule has 1 aliphatic heterocycles. The first-order valence-electron chi connectivity index (χ1n) is 8.58. The van der Waals surface area contributed by atoms with Gasteiger partial charge in [0, 0.05) is 36.3 Å². The number of nitrogens with zero attached hydrogens (tertiary/aromatic N) is 2. The van der Waals surface area contributed by atoms with Crippen LogP contribution in [0.25, 0.3) is 0 Å². The Kier molecular flexibility index (Phi) is 4.06. The van der Waals surface area contributed by atoms with Crippen molar-refractivity contribution in [2.75, 3.05) is 23.7 Å². The molecule has 1 aromatic heterocycles. The number of anilines is 2. The lowest BCUT2D eigenvalue weighted by atomic mass is 10.0. The molecule has 2 heterocycles. The molecule has 3 amide bonds. The summed E-state index contributed by atoms with van der Waals surface area (Å²) in [7, 11) is 0. The minimum Gasteiger partial charge on any atom is -0.324 e. The number of amides is 3. The molecule has 0 radical (unpaired) electrons. The Morgan fingerprint density at radius 2 is 2.04 bits per heavy atom. The van der Waals surface area contributed by atoms with Crippen molar-refractivity contribution < 1.29 is 14.0 Å². The van der Waals surface area contributed by atoms with E-state index in [1.54, 1.807) is 41.6 Å². The van der Waals surface area contributed by atoms with Gasteiger partial charge in [0.15, 0.2) is 0 Å². The summed E-state index contributed by atoms with van der Waals surface area (Å²) in [6.07, 6.45) is 4.85. The van der Waals surface area contributed by atoms with E-state index in [2.05, 4.69) is 15.6 Å². The van der Waals surface area contributed by atoms with Gasteiger partial charge in [0.2, 0.25) is 5.91 Å². The summed E-state index contributed by atoms with van der Waals surface area (Å²) in [5.74, 6) is -0.505. The van der Waals surface area contributed by atoms with Crippen molar-refractivity contribution in [1.29, 1.82) is 0 Å². The summed E-state index contributed by atoms with van der Waals surface area (Å²) in [6.45, 7) is 1.14. The van der Waals surface area contributed by atoms with Crippen molar-refractivity contribution in [3.63, 3.8) is 0 Å². The van der Waals surface area contributed by atoms with E-state index >= 15 is 0 Å². The predicted octanol–water partition coefficient (Wildman–Crippen LogP) is 3.10. The van der Waals surface area contributed by atoms with E-state index in [1.165, 1.54) is 12.1 Å². The fraction of sp³-hybridized carbons (Fsp3) is 0.316.